The fourth-order valence-electron chi connectivity index (χ4n) is 2.21. The van der Waals surface area contributed by atoms with Gasteiger partial charge in [0.25, 0.3) is 0 Å². The highest BCUT2D eigenvalue weighted by atomic mass is 16.5. The van der Waals surface area contributed by atoms with Gasteiger partial charge >= 0.3 is 0 Å². The molecule has 1 aliphatic heterocycles. The largest absolute Gasteiger partial charge is 0.493 e. The Kier molecular flexibility index (Phi) is 4.63. The zero-order valence-corrected chi connectivity index (χ0v) is 11.3. The number of carbonyl (C=O) groups is 1. The molecule has 1 fully saturated rings. The van der Waals surface area contributed by atoms with E-state index in [0.717, 1.165) is 24.5 Å². The third-order valence-corrected chi connectivity index (χ3v) is 3.23. The number of likely N-dealkylation sites (N-methyl/N-ethyl adjacent to an activating group) is 1. The van der Waals surface area contributed by atoms with Crippen LogP contribution < -0.4 is 15.8 Å². The number of ether oxygens (including phenoxy) is 1. The van der Waals surface area contributed by atoms with Crippen LogP contribution in [0, 0.1) is 0 Å². The van der Waals surface area contributed by atoms with E-state index in [9.17, 15) is 4.79 Å². The van der Waals surface area contributed by atoms with E-state index in [1.54, 1.807) is 0 Å². The average Bonchev–Trinajstić information content (AvgIpc) is 2.77. The Morgan fingerprint density at radius 3 is 2.79 bits per heavy atom. The second kappa shape index (κ2) is 6.43. The first-order valence-electron chi connectivity index (χ1n) is 6.60. The number of likely N-dealkylation sites (tertiary alicyclic amines) is 1. The van der Waals surface area contributed by atoms with Crippen LogP contribution in [0.25, 0.3) is 0 Å². The van der Waals surface area contributed by atoms with Crippen molar-refractivity contribution in [2.75, 3.05) is 32.1 Å². The van der Waals surface area contributed by atoms with Gasteiger partial charge in [-0.05, 0) is 44.3 Å². The Bertz CT molecular complexity index is 419. The molecule has 1 unspecified atom stereocenters. The molecule has 1 amide bonds. The minimum absolute atomic E-state index is 0.244. The summed E-state index contributed by atoms with van der Waals surface area (Å²) in [6, 6.07) is 8.33. The van der Waals surface area contributed by atoms with Crippen molar-refractivity contribution in [1.82, 2.24) is 4.90 Å². The van der Waals surface area contributed by atoms with Gasteiger partial charge in [0.05, 0.1) is 13.0 Å². The van der Waals surface area contributed by atoms with Crippen LogP contribution in [0.15, 0.2) is 24.3 Å². The molecule has 3 N–H and O–H groups in total. The van der Waals surface area contributed by atoms with E-state index in [1.165, 1.54) is 6.42 Å². The van der Waals surface area contributed by atoms with Crippen LogP contribution >= 0.6 is 0 Å². The number of amides is 1. The van der Waals surface area contributed by atoms with Gasteiger partial charge in [0.1, 0.15) is 5.75 Å². The number of nitrogens with zero attached hydrogens (tertiary/aromatic N) is 1. The molecule has 104 valence electrons. The maximum Gasteiger partial charge on any atom is 0.220 e. The lowest BCUT2D eigenvalue weighted by atomic mass is 10.2. The molecule has 5 heteroatoms. The van der Waals surface area contributed by atoms with E-state index in [0.29, 0.717) is 12.6 Å². The molecular weight excluding hydrogens is 242 g/mol. The molecule has 19 heavy (non-hydrogen) atoms. The van der Waals surface area contributed by atoms with Crippen molar-refractivity contribution in [3.63, 3.8) is 0 Å². The number of carbonyl (C=O) groups excluding carboxylic acids is 1. The summed E-state index contributed by atoms with van der Waals surface area (Å²) in [5, 5.41) is 3.50. The second-order valence-electron chi connectivity index (χ2n) is 4.98. The molecule has 0 aromatic heterocycles. The zero-order chi connectivity index (χ0) is 13.7. The first-order chi connectivity index (χ1) is 9.13. The summed E-state index contributed by atoms with van der Waals surface area (Å²) in [5.41, 5.74) is 6.15. The third kappa shape index (κ3) is 4.44. The molecule has 1 aromatic carbocycles. The maximum atomic E-state index is 10.6. The number of primary amides is 1. The number of rotatable bonds is 6. The van der Waals surface area contributed by atoms with Crippen LogP contribution in [0.2, 0.25) is 0 Å². The molecule has 1 aromatic rings. The smallest absolute Gasteiger partial charge is 0.220 e. The second-order valence-corrected chi connectivity index (χ2v) is 4.98. The summed E-state index contributed by atoms with van der Waals surface area (Å²) in [4.78, 5) is 12.9. The predicted octanol–water partition coefficient (Wildman–Crippen LogP) is 1.06. The molecule has 1 atom stereocenters. The maximum absolute atomic E-state index is 10.6. The standard InChI is InChI=1S/C14H21N3O2/c1-17-8-6-12(10-17)16-11-2-4-13(5-3-11)19-9-7-14(15)18/h2-5,12,16H,6-10H2,1H3,(H2,15,18). The van der Waals surface area contributed by atoms with E-state index in [4.69, 9.17) is 10.5 Å². The van der Waals surface area contributed by atoms with E-state index in [-0.39, 0.29) is 12.3 Å². The summed E-state index contributed by atoms with van der Waals surface area (Å²) < 4.78 is 5.42. The first-order valence-corrected chi connectivity index (χ1v) is 6.60. The van der Waals surface area contributed by atoms with E-state index < -0.39 is 0 Å². The molecule has 1 aliphatic rings. The molecule has 0 aliphatic carbocycles. The van der Waals surface area contributed by atoms with Crippen molar-refractivity contribution >= 4 is 11.6 Å². The highest BCUT2D eigenvalue weighted by molar-refractivity contribution is 5.73. The minimum Gasteiger partial charge on any atom is -0.493 e. The fraction of sp³-hybridized carbons (Fsp3) is 0.500. The van der Waals surface area contributed by atoms with Gasteiger partial charge in [-0.25, -0.2) is 0 Å². The van der Waals surface area contributed by atoms with Crippen molar-refractivity contribution in [3.05, 3.63) is 24.3 Å². The first kappa shape index (κ1) is 13.7. The van der Waals surface area contributed by atoms with Gasteiger partial charge in [-0.15, -0.1) is 0 Å². The molecule has 0 radical (unpaired) electrons. The minimum atomic E-state index is -0.344. The number of benzene rings is 1. The van der Waals surface area contributed by atoms with Gasteiger partial charge in [-0.3, -0.25) is 4.79 Å². The molecule has 0 saturated carbocycles. The van der Waals surface area contributed by atoms with Gasteiger partial charge in [-0.1, -0.05) is 0 Å². The number of hydrogen-bond acceptors (Lipinski definition) is 4. The van der Waals surface area contributed by atoms with Crippen LogP contribution in [0.1, 0.15) is 12.8 Å². The third-order valence-electron chi connectivity index (χ3n) is 3.23. The van der Waals surface area contributed by atoms with Crippen LogP contribution in [-0.4, -0.2) is 43.6 Å². The van der Waals surface area contributed by atoms with Gasteiger partial charge in [-0.2, -0.15) is 0 Å². The average molecular weight is 263 g/mol. The molecule has 0 bridgehead atoms. The van der Waals surface area contributed by atoms with Crippen LogP contribution in [-0.2, 0) is 4.79 Å². The molecule has 1 heterocycles. The zero-order valence-electron chi connectivity index (χ0n) is 11.3. The Morgan fingerprint density at radius 1 is 1.47 bits per heavy atom. The van der Waals surface area contributed by atoms with Crippen molar-refractivity contribution in [1.29, 1.82) is 0 Å². The molecule has 5 nitrogen and oxygen atoms in total. The number of anilines is 1. The Labute approximate surface area is 113 Å². The Hall–Kier alpha value is -1.75. The SMILES string of the molecule is CN1CCC(Nc2ccc(OCCC(N)=O)cc2)C1. The van der Waals surface area contributed by atoms with E-state index >= 15 is 0 Å². The molecular formula is C14H21N3O2. The number of nitrogens with one attached hydrogen (secondary N) is 1. The topological polar surface area (TPSA) is 67.6 Å². The van der Waals surface area contributed by atoms with Crippen LogP contribution in [0.5, 0.6) is 5.75 Å². The molecule has 2 rings (SSSR count). The normalized spacial score (nSPS) is 19.3. The molecule has 0 spiro atoms. The van der Waals surface area contributed by atoms with E-state index in [1.807, 2.05) is 24.3 Å². The number of hydrogen-bond donors (Lipinski definition) is 2. The van der Waals surface area contributed by atoms with Crippen molar-refractivity contribution in [3.8, 4) is 5.75 Å². The lowest BCUT2D eigenvalue weighted by Crippen LogP contribution is -2.23. The van der Waals surface area contributed by atoms with Crippen LogP contribution in [0.3, 0.4) is 0 Å². The Morgan fingerprint density at radius 2 is 2.21 bits per heavy atom. The van der Waals surface area contributed by atoms with E-state index in [2.05, 4.69) is 17.3 Å². The lowest BCUT2D eigenvalue weighted by molar-refractivity contribution is -0.118. The highest BCUT2D eigenvalue weighted by Crippen LogP contribution is 2.19. The van der Waals surface area contributed by atoms with Gasteiger partial charge < -0.3 is 20.7 Å². The van der Waals surface area contributed by atoms with Crippen LogP contribution in [0.4, 0.5) is 5.69 Å². The summed E-state index contributed by atoms with van der Waals surface area (Å²) in [5.74, 6) is 0.416. The van der Waals surface area contributed by atoms with Crippen molar-refractivity contribution < 1.29 is 9.53 Å². The monoisotopic (exact) mass is 263 g/mol. The molecule has 1 saturated heterocycles. The van der Waals surface area contributed by atoms with Gasteiger partial charge in [0.2, 0.25) is 5.91 Å². The van der Waals surface area contributed by atoms with Crippen molar-refractivity contribution in [2.45, 2.75) is 18.9 Å². The quantitative estimate of drug-likeness (QED) is 0.805. The highest BCUT2D eigenvalue weighted by Gasteiger charge is 2.18. The fourth-order valence-corrected chi connectivity index (χ4v) is 2.21. The van der Waals surface area contributed by atoms with Crippen molar-refractivity contribution in [2.24, 2.45) is 5.73 Å². The Balaban J connectivity index is 1.79. The summed E-state index contributed by atoms with van der Waals surface area (Å²) in [6.45, 7) is 2.55. The summed E-state index contributed by atoms with van der Waals surface area (Å²) in [7, 11) is 2.14. The number of nitrogens with two attached hydrogens (primary N) is 1. The van der Waals surface area contributed by atoms with Gasteiger partial charge in [0, 0.05) is 18.3 Å². The lowest BCUT2D eigenvalue weighted by Gasteiger charge is -2.14. The summed E-state index contributed by atoms with van der Waals surface area (Å²) >= 11 is 0. The van der Waals surface area contributed by atoms with Gasteiger partial charge in [0.15, 0.2) is 0 Å². The summed E-state index contributed by atoms with van der Waals surface area (Å²) in [6.07, 6.45) is 1.42. The predicted molar refractivity (Wildman–Crippen MR) is 75.3 cm³/mol.